The standard InChI is InChI=1S/C8H7N.Y/c1-2-9-8-6-4-3-5-7-8;/h3-6H,1H3;/q-2;. The molecule has 0 aliphatic heterocycles. The fraction of sp³-hybridized carbons (Fsp3) is 0.125. The van der Waals surface area contributed by atoms with Crippen molar-refractivity contribution in [3.63, 3.8) is 0 Å². The summed E-state index contributed by atoms with van der Waals surface area (Å²) < 4.78 is 0. The summed E-state index contributed by atoms with van der Waals surface area (Å²) in [6.45, 7) is 1.76. The Balaban J connectivity index is 0.000000810. The van der Waals surface area contributed by atoms with E-state index in [4.69, 9.17) is 0 Å². The first-order valence-electron chi connectivity index (χ1n) is 2.77. The van der Waals surface area contributed by atoms with E-state index in [0.717, 1.165) is 5.69 Å². The minimum absolute atomic E-state index is 0. The Labute approximate surface area is 86.4 Å². The molecule has 0 spiro atoms. The molecule has 0 atom stereocenters. The zero-order valence-corrected chi connectivity index (χ0v) is 8.67. The van der Waals surface area contributed by atoms with Gasteiger partial charge in [0.25, 0.3) is 0 Å². The van der Waals surface area contributed by atoms with E-state index in [1.54, 1.807) is 6.92 Å². The molecule has 0 bridgehead atoms. The van der Waals surface area contributed by atoms with Crippen molar-refractivity contribution in [2.75, 3.05) is 0 Å². The average molecular weight is 206 g/mol. The third kappa shape index (κ3) is 3.24. The second-order valence-electron chi connectivity index (χ2n) is 1.58. The average Bonchev–Trinajstić information content (AvgIpc) is 1.91. The van der Waals surface area contributed by atoms with Crippen molar-refractivity contribution in [2.45, 2.75) is 6.92 Å². The first kappa shape index (κ1) is 9.99. The molecule has 0 aromatic heterocycles. The van der Waals surface area contributed by atoms with Crippen LogP contribution in [0.3, 0.4) is 0 Å². The summed E-state index contributed by atoms with van der Waals surface area (Å²) in [4.78, 5) is 3.90. The SMILES string of the molecule is C[C-]=Nc1[c-]cccc1.[Y]. The van der Waals surface area contributed by atoms with Gasteiger partial charge in [0.05, 0.1) is 0 Å². The molecule has 0 saturated carbocycles. The van der Waals surface area contributed by atoms with E-state index in [-0.39, 0.29) is 32.7 Å². The number of hydrogen-bond donors (Lipinski definition) is 0. The zero-order chi connectivity index (χ0) is 6.53. The van der Waals surface area contributed by atoms with Crippen LogP contribution in [0.5, 0.6) is 0 Å². The molecule has 0 amide bonds. The molecule has 0 N–H and O–H groups in total. The van der Waals surface area contributed by atoms with Crippen LogP contribution in [0, 0.1) is 6.07 Å². The summed E-state index contributed by atoms with van der Waals surface area (Å²) in [5.41, 5.74) is 0.833. The summed E-state index contributed by atoms with van der Waals surface area (Å²) in [7, 11) is 0. The Morgan fingerprint density at radius 2 is 2.30 bits per heavy atom. The second kappa shape index (κ2) is 5.75. The quantitative estimate of drug-likeness (QED) is 0.492. The number of para-hydroxylation sites is 1. The van der Waals surface area contributed by atoms with Gasteiger partial charge in [-0.15, -0.1) is 6.92 Å². The summed E-state index contributed by atoms with van der Waals surface area (Å²) >= 11 is 0. The third-order valence-corrected chi connectivity index (χ3v) is 0.925. The molecule has 0 unspecified atom stereocenters. The van der Waals surface area contributed by atoms with E-state index in [2.05, 4.69) is 17.3 Å². The molecule has 0 heterocycles. The summed E-state index contributed by atoms with van der Waals surface area (Å²) in [5.74, 6) is 0. The van der Waals surface area contributed by atoms with Crippen LogP contribution in [0.15, 0.2) is 29.3 Å². The molecule has 0 aliphatic rings. The van der Waals surface area contributed by atoms with Crippen molar-refractivity contribution < 1.29 is 32.7 Å². The first-order chi connectivity index (χ1) is 4.43. The molecule has 1 aromatic carbocycles. The van der Waals surface area contributed by atoms with Gasteiger partial charge in [-0.25, -0.2) is 11.8 Å². The van der Waals surface area contributed by atoms with Gasteiger partial charge in [0.2, 0.25) is 0 Å². The van der Waals surface area contributed by atoms with Crippen LogP contribution < -0.4 is 0 Å². The largest absolute Gasteiger partial charge is 0.482 e. The fourth-order valence-corrected chi connectivity index (χ4v) is 0.574. The van der Waals surface area contributed by atoms with Crippen LogP contribution in [0.4, 0.5) is 5.69 Å². The van der Waals surface area contributed by atoms with Crippen LogP contribution >= 0.6 is 0 Å². The molecule has 1 rings (SSSR count). The van der Waals surface area contributed by atoms with E-state index < -0.39 is 0 Å². The van der Waals surface area contributed by atoms with Gasteiger partial charge < -0.3 is 4.99 Å². The molecule has 1 nitrogen and oxygen atoms in total. The van der Waals surface area contributed by atoms with Crippen molar-refractivity contribution in [1.29, 1.82) is 0 Å². The van der Waals surface area contributed by atoms with E-state index in [1.165, 1.54) is 0 Å². The predicted molar refractivity (Wildman–Crippen MR) is 38.0 cm³/mol. The molecular formula is C8H7NY-2. The molecule has 0 aliphatic carbocycles. The maximum Gasteiger partial charge on any atom is 0 e. The molecule has 1 radical (unpaired) electrons. The Bertz CT molecular complexity index is 194. The molecule has 1 aromatic rings. The zero-order valence-electron chi connectivity index (χ0n) is 5.83. The molecule has 10 heavy (non-hydrogen) atoms. The number of aliphatic imine (C=N–C) groups is 1. The Morgan fingerprint density at radius 1 is 1.50 bits per heavy atom. The van der Waals surface area contributed by atoms with Gasteiger partial charge in [0, 0.05) is 32.7 Å². The minimum Gasteiger partial charge on any atom is -0.482 e. The van der Waals surface area contributed by atoms with E-state index >= 15 is 0 Å². The van der Waals surface area contributed by atoms with Crippen molar-refractivity contribution >= 4 is 11.9 Å². The van der Waals surface area contributed by atoms with Gasteiger partial charge in [-0.3, -0.25) is 6.07 Å². The van der Waals surface area contributed by atoms with Crippen molar-refractivity contribution in [2.24, 2.45) is 4.99 Å². The maximum atomic E-state index is 3.90. The topological polar surface area (TPSA) is 12.4 Å². The second-order valence-corrected chi connectivity index (χ2v) is 1.58. The summed E-state index contributed by atoms with van der Waals surface area (Å²) in [6, 6.07) is 10.5. The third-order valence-electron chi connectivity index (χ3n) is 0.925. The molecule has 49 valence electrons. The number of rotatable bonds is 1. The van der Waals surface area contributed by atoms with Crippen molar-refractivity contribution in [1.82, 2.24) is 0 Å². The summed E-state index contributed by atoms with van der Waals surface area (Å²) in [5, 5.41) is 0. The van der Waals surface area contributed by atoms with Crippen LogP contribution in [0.1, 0.15) is 6.92 Å². The van der Waals surface area contributed by atoms with Crippen LogP contribution in [0.25, 0.3) is 0 Å². The smallest absolute Gasteiger partial charge is 0 e. The van der Waals surface area contributed by atoms with E-state index in [0.29, 0.717) is 0 Å². The van der Waals surface area contributed by atoms with E-state index in [1.807, 2.05) is 24.3 Å². The van der Waals surface area contributed by atoms with Gasteiger partial charge in [0.1, 0.15) is 0 Å². The molecule has 2 heteroatoms. The van der Waals surface area contributed by atoms with E-state index in [9.17, 15) is 0 Å². The Kier molecular flexibility index (Phi) is 5.75. The molecule has 0 saturated heterocycles. The Hall–Kier alpha value is -0.00610. The van der Waals surface area contributed by atoms with Gasteiger partial charge in [-0.1, -0.05) is 0 Å². The Morgan fingerprint density at radius 3 is 2.80 bits per heavy atom. The van der Waals surface area contributed by atoms with Crippen LogP contribution in [-0.4, -0.2) is 6.21 Å². The monoisotopic (exact) mass is 206 g/mol. The van der Waals surface area contributed by atoms with Crippen molar-refractivity contribution in [3.05, 3.63) is 30.3 Å². The fourth-order valence-electron chi connectivity index (χ4n) is 0.574. The maximum absolute atomic E-state index is 3.90. The normalized spacial score (nSPS) is 9.30. The predicted octanol–water partition coefficient (Wildman–Crippen LogP) is 2.08. The van der Waals surface area contributed by atoms with Crippen LogP contribution in [-0.2, 0) is 32.7 Å². The minimum atomic E-state index is 0. The number of benzene rings is 1. The van der Waals surface area contributed by atoms with Crippen LogP contribution in [0.2, 0.25) is 0 Å². The van der Waals surface area contributed by atoms with Gasteiger partial charge in [-0.2, -0.15) is 24.4 Å². The molecular weight excluding hydrogens is 199 g/mol. The number of nitrogens with zero attached hydrogens (tertiary/aromatic N) is 1. The van der Waals surface area contributed by atoms with Crippen molar-refractivity contribution in [3.8, 4) is 0 Å². The number of hydrogen-bond acceptors (Lipinski definition) is 1. The van der Waals surface area contributed by atoms with Gasteiger partial charge in [0.15, 0.2) is 0 Å². The van der Waals surface area contributed by atoms with Gasteiger partial charge in [-0.05, 0) is 0 Å². The first-order valence-corrected chi connectivity index (χ1v) is 2.77. The molecule has 0 fully saturated rings. The summed E-state index contributed by atoms with van der Waals surface area (Å²) in [6.07, 6.45) is 2.68. The van der Waals surface area contributed by atoms with Gasteiger partial charge >= 0.3 is 0 Å².